The summed E-state index contributed by atoms with van der Waals surface area (Å²) in [5.74, 6) is 0.630. The monoisotopic (exact) mass is 438 g/mol. The highest BCUT2D eigenvalue weighted by Gasteiger charge is 2.47. The fourth-order valence-corrected chi connectivity index (χ4v) is 4.62. The molecule has 3 heterocycles. The Balaban J connectivity index is 0.00000119. The van der Waals surface area contributed by atoms with Gasteiger partial charge in [0.1, 0.15) is 29.3 Å². The summed E-state index contributed by atoms with van der Waals surface area (Å²) in [6.45, 7) is 4.00. The van der Waals surface area contributed by atoms with Gasteiger partial charge in [0.2, 0.25) is 11.3 Å². The Morgan fingerprint density at radius 3 is 2.50 bits per heavy atom. The van der Waals surface area contributed by atoms with E-state index in [0.717, 1.165) is 44.9 Å². The summed E-state index contributed by atoms with van der Waals surface area (Å²) >= 11 is 0. The number of carbonyl (C=O) groups excluding carboxylic acids is 2. The highest BCUT2D eigenvalue weighted by atomic mass is 16.2. The third-order valence-electron chi connectivity index (χ3n) is 6.27. The molecule has 3 aliphatic rings. The van der Waals surface area contributed by atoms with Gasteiger partial charge in [0.15, 0.2) is 0 Å². The molecule has 0 aromatic carbocycles. The molecule has 2 aromatic rings. The van der Waals surface area contributed by atoms with Crippen LogP contribution in [0.1, 0.15) is 74.8 Å². The van der Waals surface area contributed by atoms with Crippen molar-refractivity contribution >= 4 is 29.1 Å². The van der Waals surface area contributed by atoms with Crippen molar-refractivity contribution in [1.82, 2.24) is 19.9 Å². The quantitative estimate of drug-likeness (QED) is 0.675. The van der Waals surface area contributed by atoms with E-state index < -0.39 is 5.54 Å². The maximum atomic E-state index is 13.4. The molecule has 3 N–H and O–H groups in total. The summed E-state index contributed by atoms with van der Waals surface area (Å²) in [5.41, 5.74) is 0.566. The van der Waals surface area contributed by atoms with Gasteiger partial charge in [-0.15, -0.1) is 0 Å². The Bertz CT molecular complexity index is 1100. The van der Waals surface area contributed by atoms with Crippen LogP contribution in [0.25, 0.3) is 0 Å². The molecule has 32 heavy (non-hydrogen) atoms. The maximum Gasteiger partial charge on any atom is 0.269 e. The van der Waals surface area contributed by atoms with E-state index in [1.807, 2.05) is 13.8 Å². The number of hydrogen-bond acceptors (Lipinski definition) is 6. The van der Waals surface area contributed by atoms with Crippen molar-refractivity contribution in [3.05, 3.63) is 40.1 Å². The molecule has 1 aliphatic heterocycles. The molecular formula is C23H30N6O3. The smallest absolute Gasteiger partial charge is 0.269 e. The minimum atomic E-state index is -0.577. The second-order valence-corrected chi connectivity index (χ2v) is 8.48. The van der Waals surface area contributed by atoms with Crippen LogP contribution in [-0.4, -0.2) is 26.3 Å². The van der Waals surface area contributed by atoms with Gasteiger partial charge in [0.05, 0.1) is 11.1 Å². The van der Waals surface area contributed by atoms with E-state index >= 15 is 0 Å². The lowest BCUT2D eigenvalue weighted by Gasteiger charge is -2.33. The minimum absolute atomic E-state index is 0.0445. The average molecular weight is 439 g/mol. The first kappa shape index (κ1) is 22.0. The molecule has 0 bridgehead atoms. The van der Waals surface area contributed by atoms with Crippen molar-refractivity contribution in [2.24, 2.45) is 13.0 Å². The number of fused-ring (bicyclic) bond motifs is 2. The normalized spacial score (nSPS) is 18.3. The molecule has 9 nitrogen and oxygen atoms in total. The molecule has 2 saturated carbocycles. The van der Waals surface area contributed by atoms with Crippen LogP contribution in [0.15, 0.2) is 23.4 Å². The van der Waals surface area contributed by atoms with Crippen molar-refractivity contribution in [3.63, 3.8) is 0 Å². The zero-order valence-corrected chi connectivity index (χ0v) is 18.8. The lowest BCUT2D eigenvalue weighted by Crippen LogP contribution is -2.43. The van der Waals surface area contributed by atoms with E-state index in [1.54, 1.807) is 23.9 Å². The van der Waals surface area contributed by atoms with Crippen molar-refractivity contribution in [3.8, 4) is 0 Å². The van der Waals surface area contributed by atoms with Crippen LogP contribution >= 0.6 is 0 Å². The van der Waals surface area contributed by atoms with Gasteiger partial charge in [-0.1, -0.05) is 33.1 Å². The van der Waals surface area contributed by atoms with Crippen LogP contribution in [0.2, 0.25) is 0 Å². The number of aromatic nitrogens is 3. The van der Waals surface area contributed by atoms with Gasteiger partial charge in [0, 0.05) is 25.2 Å². The van der Waals surface area contributed by atoms with E-state index in [-0.39, 0.29) is 23.2 Å². The molecule has 9 heteroatoms. The lowest BCUT2D eigenvalue weighted by atomic mass is 9.78. The molecule has 5 rings (SSSR count). The molecule has 2 fully saturated rings. The van der Waals surface area contributed by atoms with Gasteiger partial charge in [-0.05, 0) is 25.7 Å². The number of nitrogens with zero attached hydrogens (tertiary/aromatic N) is 3. The number of anilines is 3. The molecule has 2 amide bonds. The van der Waals surface area contributed by atoms with Gasteiger partial charge >= 0.3 is 0 Å². The third kappa shape index (κ3) is 3.99. The van der Waals surface area contributed by atoms with Gasteiger partial charge in [-0.25, -0.2) is 9.97 Å². The van der Waals surface area contributed by atoms with Crippen LogP contribution in [0, 0.1) is 5.92 Å². The Morgan fingerprint density at radius 1 is 1.12 bits per heavy atom. The molecule has 1 spiro atoms. The second kappa shape index (κ2) is 8.72. The van der Waals surface area contributed by atoms with Crippen molar-refractivity contribution in [1.29, 1.82) is 0 Å². The van der Waals surface area contributed by atoms with Crippen molar-refractivity contribution in [2.75, 3.05) is 10.6 Å². The Morgan fingerprint density at radius 2 is 1.81 bits per heavy atom. The van der Waals surface area contributed by atoms with E-state index in [2.05, 4.69) is 25.9 Å². The fraction of sp³-hybridized carbons (Fsp3) is 0.522. The SMILES string of the molecule is CC.Cn1cc(Nc2cc(NC(=O)C3CC3)ncn2)c(=O)c2c1C(=O)NC21CCCCC1. The number of rotatable bonds is 4. The summed E-state index contributed by atoms with van der Waals surface area (Å²) in [5, 5.41) is 8.94. The molecule has 170 valence electrons. The van der Waals surface area contributed by atoms with Crippen LogP contribution < -0.4 is 21.4 Å². The predicted molar refractivity (Wildman–Crippen MR) is 122 cm³/mol. The molecule has 2 aromatic heterocycles. The molecule has 0 radical (unpaired) electrons. The zero-order valence-electron chi connectivity index (χ0n) is 18.8. The number of hydrogen-bond donors (Lipinski definition) is 3. The second-order valence-electron chi connectivity index (χ2n) is 8.48. The summed E-state index contributed by atoms with van der Waals surface area (Å²) in [6, 6.07) is 1.60. The predicted octanol–water partition coefficient (Wildman–Crippen LogP) is 3.20. The summed E-state index contributed by atoms with van der Waals surface area (Å²) < 4.78 is 1.70. The molecular weight excluding hydrogens is 408 g/mol. The molecule has 0 saturated heterocycles. The summed E-state index contributed by atoms with van der Waals surface area (Å²) in [4.78, 5) is 46.3. The first-order valence-corrected chi connectivity index (χ1v) is 11.4. The fourth-order valence-electron chi connectivity index (χ4n) is 4.62. The number of pyridine rings is 1. The zero-order chi connectivity index (χ0) is 22.9. The highest BCUT2D eigenvalue weighted by Crippen LogP contribution is 2.41. The minimum Gasteiger partial charge on any atom is -0.344 e. The van der Waals surface area contributed by atoms with E-state index in [1.165, 1.54) is 6.33 Å². The number of carbonyl (C=O) groups is 2. The van der Waals surface area contributed by atoms with Gasteiger partial charge < -0.3 is 20.5 Å². The Kier molecular flexibility index (Phi) is 5.99. The van der Waals surface area contributed by atoms with E-state index in [4.69, 9.17) is 0 Å². The van der Waals surface area contributed by atoms with Crippen LogP contribution in [0.5, 0.6) is 0 Å². The largest absolute Gasteiger partial charge is 0.344 e. The van der Waals surface area contributed by atoms with Crippen LogP contribution in [0.3, 0.4) is 0 Å². The first-order chi connectivity index (χ1) is 15.5. The number of aryl methyl sites for hydroxylation is 1. The van der Waals surface area contributed by atoms with Crippen LogP contribution in [0.4, 0.5) is 17.3 Å². The standard InChI is InChI=1S/C21H24N6O3.C2H6/c1-27-10-13(24-14-9-15(23-11-22-14)25-19(29)12-5-6-12)18(28)16-17(27)20(30)26-21(16)7-3-2-4-8-21;1-2/h9-12H,2-8H2,1H3,(H,26,30)(H2,22,23,24,25,29);1-2H3. The summed E-state index contributed by atoms with van der Waals surface area (Å²) in [6.07, 6.45) is 9.39. The Labute approximate surface area is 187 Å². The third-order valence-corrected chi connectivity index (χ3v) is 6.27. The molecule has 0 atom stereocenters. The molecule has 2 aliphatic carbocycles. The maximum absolute atomic E-state index is 13.4. The lowest BCUT2D eigenvalue weighted by molar-refractivity contribution is -0.117. The van der Waals surface area contributed by atoms with Gasteiger partial charge in [-0.3, -0.25) is 14.4 Å². The van der Waals surface area contributed by atoms with Crippen molar-refractivity contribution in [2.45, 2.75) is 64.3 Å². The first-order valence-electron chi connectivity index (χ1n) is 11.4. The Hall–Kier alpha value is -3.23. The van der Waals surface area contributed by atoms with Crippen molar-refractivity contribution < 1.29 is 9.59 Å². The number of nitrogens with one attached hydrogen (secondary N) is 3. The van der Waals surface area contributed by atoms with E-state index in [9.17, 15) is 14.4 Å². The van der Waals surface area contributed by atoms with E-state index in [0.29, 0.717) is 28.6 Å². The molecule has 0 unspecified atom stereocenters. The highest BCUT2D eigenvalue weighted by molar-refractivity contribution is 5.99. The average Bonchev–Trinajstić information content (AvgIpc) is 3.60. The summed E-state index contributed by atoms with van der Waals surface area (Å²) in [7, 11) is 1.77. The van der Waals surface area contributed by atoms with Gasteiger partial charge in [-0.2, -0.15) is 0 Å². The number of amides is 2. The van der Waals surface area contributed by atoms with Gasteiger partial charge in [0.25, 0.3) is 5.91 Å². The van der Waals surface area contributed by atoms with Crippen LogP contribution in [-0.2, 0) is 17.4 Å². The topological polar surface area (TPSA) is 118 Å².